The molecule has 1 fully saturated rings. The quantitative estimate of drug-likeness (QED) is 0.316. The van der Waals surface area contributed by atoms with Gasteiger partial charge in [0.1, 0.15) is 0 Å². The smallest absolute Gasteiger partial charge is 0.269 e. The summed E-state index contributed by atoms with van der Waals surface area (Å²) in [5, 5.41) is 1.36. The fourth-order valence-corrected chi connectivity index (χ4v) is 4.54. The molecule has 164 valence electrons. The molecule has 0 spiro atoms. The number of nitrogens with zero attached hydrogens (tertiary/aromatic N) is 2. The maximum atomic E-state index is 12.7. The zero-order valence-electron chi connectivity index (χ0n) is 17.8. The third kappa shape index (κ3) is 5.11. The van der Waals surface area contributed by atoms with E-state index in [2.05, 4.69) is 20.8 Å². The number of hydrogen-bond acceptors (Lipinski definition) is 5. The van der Waals surface area contributed by atoms with Crippen LogP contribution in [-0.4, -0.2) is 21.8 Å². The lowest BCUT2D eigenvalue weighted by molar-refractivity contribution is -0.124. The van der Waals surface area contributed by atoms with Gasteiger partial charge in [-0.25, -0.2) is 9.97 Å². The highest BCUT2D eigenvalue weighted by Gasteiger charge is 2.51. The zero-order chi connectivity index (χ0) is 22.7. The number of thioether (sulfide) groups is 1. The van der Waals surface area contributed by atoms with E-state index >= 15 is 0 Å². The van der Waals surface area contributed by atoms with Crippen LogP contribution in [0.2, 0.25) is 5.02 Å². The summed E-state index contributed by atoms with van der Waals surface area (Å²) in [7, 11) is 0. The van der Waals surface area contributed by atoms with Gasteiger partial charge in [-0.1, -0.05) is 47.6 Å². The second kappa shape index (κ2) is 9.30. The molecule has 0 radical (unpaired) electrons. The van der Waals surface area contributed by atoms with Gasteiger partial charge in [0.2, 0.25) is 5.91 Å². The zero-order valence-corrected chi connectivity index (χ0v) is 19.4. The van der Waals surface area contributed by atoms with E-state index in [1.165, 1.54) is 0 Å². The first-order valence-corrected chi connectivity index (χ1v) is 11.6. The van der Waals surface area contributed by atoms with Crippen molar-refractivity contribution in [3.05, 3.63) is 87.7 Å². The Morgan fingerprint density at radius 2 is 1.59 bits per heavy atom. The fraction of sp³-hybridized carbons (Fsp3) is 0.250. The first kappa shape index (κ1) is 22.3. The summed E-state index contributed by atoms with van der Waals surface area (Å²) in [6.07, 6.45) is 1.49. The Hall–Kier alpha value is -2.90. The first-order chi connectivity index (χ1) is 15.4. The minimum Gasteiger partial charge on any atom is -0.272 e. The van der Waals surface area contributed by atoms with Gasteiger partial charge in [-0.15, -0.1) is 0 Å². The number of hydrazine groups is 1. The number of benzene rings is 2. The molecule has 8 heteroatoms. The van der Waals surface area contributed by atoms with Crippen LogP contribution in [0.3, 0.4) is 0 Å². The number of aromatic nitrogens is 2. The molecule has 2 N–H and O–H groups in total. The molecule has 1 heterocycles. The number of nitrogens with one attached hydrogen (secondary N) is 2. The summed E-state index contributed by atoms with van der Waals surface area (Å²) in [5.74, 6) is 0.127. The third-order valence-electron chi connectivity index (χ3n) is 5.42. The number of amides is 2. The van der Waals surface area contributed by atoms with Crippen molar-refractivity contribution in [1.29, 1.82) is 0 Å². The Morgan fingerprint density at radius 3 is 2.19 bits per heavy atom. The number of carbonyl (C=O) groups is 2. The van der Waals surface area contributed by atoms with Gasteiger partial charge in [-0.2, -0.15) is 0 Å². The summed E-state index contributed by atoms with van der Waals surface area (Å²) in [4.78, 5) is 34.0. The molecular weight excluding hydrogens is 444 g/mol. The SMILES string of the molecule is Cc1cc(C)nc(SCc2ccc(C(=O)NNC(=O)C3(c4ccc(Cl)cc4)CC3)cc2)n1. The average Bonchev–Trinajstić information content (AvgIpc) is 3.58. The predicted octanol–water partition coefficient (Wildman–Crippen LogP) is 4.53. The second-order valence-corrected chi connectivity index (χ2v) is 9.30. The van der Waals surface area contributed by atoms with Crippen LogP contribution in [-0.2, 0) is 16.0 Å². The Balaban J connectivity index is 1.31. The van der Waals surface area contributed by atoms with Crippen LogP contribution >= 0.6 is 23.4 Å². The van der Waals surface area contributed by atoms with Crippen LogP contribution in [0.5, 0.6) is 0 Å². The van der Waals surface area contributed by atoms with E-state index in [0.29, 0.717) is 16.3 Å². The number of carbonyl (C=O) groups excluding carboxylic acids is 2. The van der Waals surface area contributed by atoms with E-state index in [4.69, 9.17) is 11.6 Å². The highest BCUT2D eigenvalue weighted by Crippen LogP contribution is 2.48. The van der Waals surface area contributed by atoms with E-state index in [1.54, 1.807) is 36.0 Å². The lowest BCUT2D eigenvalue weighted by atomic mass is 9.95. The van der Waals surface area contributed by atoms with Crippen LogP contribution in [0.1, 0.15) is 45.7 Å². The van der Waals surface area contributed by atoms with Crippen LogP contribution in [0.4, 0.5) is 0 Å². The molecule has 2 aromatic carbocycles. The number of hydrogen-bond donors (Lipinski definition) is 2. The largest absolute Gasteiger partial charge is 0.272 e. The van der Waals surface area contributed by atoms with Gasteiger partial charge < -0.3 is 0 Å². The standard InChI is InChI=1S/C24H23ClN4O2S/c1-15-13-16(2)27-23(26-15)32-14-17-3-5-18(6-4-17)21(30)28-29-22(31)24(11-12-24)19-7-9-20(25)10-8-19/h3-10,13H,11-12,14H2,1-2H3,(H,28,30)(H,29,31). The summed E-state index contributed by atoms with van der Waals surface area (Å²) in [5.41, 5.74) is 8.83. The van der Waals surface area contributed by atoms with Crippen LogP contribution < -0.4 is 10.9 Å². The van der Waals surface area contributed by atoms with Crippen molar-refractivity contribution >= 4 is 35.2 Å². The molecule has 32 heavy (non-hydrogen) atoms. The number of halogens is 1. The minimum absolute atomic E-state index is 0.213. The predicted molar refractivity (Wildman–Crippen MR) is 125 cm³/mol. The van der Waals surface area contributed by atoms with Gasteiger partial charge in [0, 0.05) is 27.7 Å². The Kier molecular flexibility index (Phi) is 6.48. The summed E-state index contributed by atoms with van der Waals surface area (Å²) in [6.45, 7) is 3.90. The van der Waals surface area contributed by atoms with Crippen LogP contribution in [0, 0.1) is 13.8 Å². The lowest BCUT2D eigenvalue weighted by Gasteiger charge is -2.16. The van der Waals surface area contributed by atoms with Crippen molar-refractivity contribution in [3.63, 3.8) is 0 Å². The van der Waals surface area contributed by atoms with Crippen molar-refractivity contribution < 1.29 is 9.59 Å². The average molecular weight is 467 g/mol. The van der Waals surface area contributed by atoms with Gasteiger partial charge in [0.05, 0.1) is 5.41 Å². The van der Waals surface area contributed by atoms with Gasteiger partial charge in [0.15, 0.2) is 5.16 Å². The molecule has 1 aliphatic carbocycles. The van der Waals surface area contributed by atoms with Crippen molar-refractivity contribution in [2.75, 3.05) is 0 Å². The molecule has 3 aromatic rings. The second-order valence-electron chi connectivity index (χ2n) is 7.92. The van der Waals surface area contributed by atoms with E-state index in [0.717, 1.165) is 40.5 Å². The molecule has 0 bridgehead atoms. The van der Waals surface area contributed by atoms with Crippen LogP contribution in [0.25, 0.3) is 0 Å². The molecule has 1 aromatic heterocycles. The first-order valence-electron chi connectivity index (χ1n) is 10.3. The summed E-state index contributed by atoms with van der Waals surface area (Å²) < 4.78 is 0. The molecule has 0 aliphatic heterocycles. The van der Waals surface area contributed by atoms with E-state index in [1.807, 2.05) is 44.2 Å². The Morgan fingerprint density at radius 1 is 0.969 bits per heavy atom. The molecule has 1 saturated carbocycles. The molecule has 0 saturated heterocycles. The molecule has 4 rings (SSSR count). The van der Waals surface area contributed by atoms with E-state index < -0.39 is 5.41 Å². The highest BCUT2D eigenvalue weighted by atomic mass is 35.5. The van der Waals surface area contributed by atoms with Crippen molar-refractivity contribution in [1.82, 2.24) is 20.8 Å². The van der Waals surface area contributed by atoms with E-state index in [-0.39, 0.29) is 11.8 Å². The van der Waals surface area contributed by atoms with Gasteiger partial charge in [0.25, 0.3) is 5.91 Å². The van der Waals surface area contributed by atoms with Crippen LogP contribution in [0.15, 0.2) is 59.8 Å². The number of rotatable bonds is 6. The maximum Gasteiger partial charge on any atom is 0.269 e. The summed E-state index contributed by atoms with van der Waals surface area (Å²) in [6, 6.07) is 16.5. The minimum atomic E-state index is -0.588. The molecule has 6 nitrogen and oxygen atoms in total. The normalized spacial score (nSPS) is 14.0. The molecule has 0 atom stereocenters. The molecule has 2 amide bonds. The Labute approximate surface area is 196 Å². The van der Waals surface area contributed by atoms with Gasteiger partial charge in [-0.05, 0) is 68.1 Å². The maximum absolute atomic E-state index is 12.7. The molecule has 1 aliphatic rings. The van der Waals surface area contributed by atoms with Gasteiger partial charge >= 0.3 is 0 Å². The third-order valence-corrected chi connectivity index (χ3v) is 6.59. The monoisotopic (exact) mass is 466 g/mol. The number of aryl methyl sites for hydroxylation is 2. The van der Waals surface area contributed by atoms with Crippen molar-refractivity contribution in [2.45, 2.75) is 43.0 Å². The van der Waals surface area contributed by atoms with E-state index in [9.17, 15) is 9.59 Å². The van der Waals surface area contributed by atoms with Crippen molar-refractivity contribution in [2.24, 2.45) is 0 Å². The summed E-state index contributed by atoms with van der Waals surface area (Å²) >= 11 is 7.49. The highest BCUT2D eigenvalue weighted by molar-refractivity contribution is 7.98. The Bertz CT molecular complexity index is 1130. The van der Waals surface area contributed by atoms with Crippen molar-refractivity contribution in [3.8, 4) is 0 Å². The molecule has 0 unspecified atom stereocenters. The lowest BCUT2D eigenvalue weighted by Crippen LogP contribution is -2.46. The topological polar surface area (TPSA) is 84.0 Å². The van der Waals surface area contributed by atoms with Gasteiger partial charge in [-0.3, -0.25) is 20.4 Å². The molecular formula is C24H23ClN4O2S. The fourth-order valence-electron chi connectivity index (χ4n) is 3.50.